The van der Waals surface area contributed by atoms with Gasteiger partial charge in [-0.15, -0.1) is 11.8 Å². The molecular weight excluding hydrogens is 210 g/mol. The van der Waals surface area contributed by atoms with Gasteiger partial charge in [-0.2, -0.15) is 0 Å². The second kappa shape index (κ2) is 3.98. The van der Waals surface area contributed by atoms with Gasteiger partial charge in [-0.05, 0) is 18.8 Å². The average molecular weight is 218 g/mol. The highest BCUT2D eigenvalue weighted by molar-refractivity contribution is 9.11. The highest BCUT2D eigenvalue weighted by Gasteiger charge is 1.94. The molecule has 3 heteroatoms. The monoisotopic (exact) mass is 217 g/mol. The van der Waals surface area contributed by atoms with Gasteiger partial charge < -0.3 is 0 Å². The van der Waals surface area contributed by atoms with Crippen LogP contribution in [0.1, 0.15) is 6.42 Å². The molecule has 0 amide bonds. The van der Waals surface area contributed by atoms with Crippen molar-refractivity contribution in [2.45, 2.75) is 6.42 Å². The van der Waals surface area contributed by atoms with Gasteiger partial charge in [-0.1, -0.05) is 22.0 Å². The highest BCUT2D eigenvalue weighted by atomic mass is 79.9. The van der Waals surface area contributed by atoms with Gasteiger partial charge in [-0.3, -0.25) is 0 Å². The summed E-state index contributed by atoms with van der Waals surface area (Å²) in [7, 11) is 0. The van der Waals surface area contributed by atoms with E-state index in [0.29, 0.717) is 0 Å². The lowest BCUT2D eigenvalue weighted by Crippen LogP contribution is -1.79. The number of hydrogen-bond acceptors (Lipinski definition) is 2. The number of rotatable bonds is 0. The molecule has 54 valence electrons. The van der Waals surface area contributed by atoms with E-state index in [4.69, 9.17) is 0 Å². The molecule has 0 unspecified atom stereocenters. The van der Waals surface area contributed by atoms with Crippen molar-refractivity contribution in [3.05, 3.63) is 22.8 Å². The van der Waals surface area contributed by atoms with Crippen molar-refractivity contribution in [3.63, 3.8) is 0 Å². The van der Waals surface area contributed by atoms with Gasteiger partial charge in [0, 0.05) is 10.7 Å². The maximum absolute atomic E-state index is 4.21. The molecule has 0 radical (unpaired) electrons. The minimum atomic E-state index is 0.952. The topological polar surface area (TPSA) is 12.4 Å². The summed E-state index contributed by atoms with van der Waals surface area (Å²) >= 11 is 5.05. The first kappa shape index (κ1) is 8.08. The van der Waals surface area contributed by atoms with Crippen LogP contribution < -0.4 is 0 Å². The van der Waals surface area contributed by atoms with Gasteiger partial charge in [0.25, 0.3) is 0 Å². The van der Waals surface area contributed by atoms with E-state index in [2.05, 4.69) is 27.0 Å². The minimum absolute atomic E-state index is 0.952. The van der Waals surface area contributed by atoms with Gasteiger partial charge in [0.1, 0.15) is 0 Å². The molecule has 0 atom stereocenters. The third kappa shape index (κ3) is 2.31. The Morgan fingerprint density at radius 3 is 3.20 bits per heavy atom. The van der Waals surface area contributed by atoms with E-state index in [0.717, 1.165) is 15.9 Å². The Kier molecular flexibility index (Phi) is 3.22. The predicted molar refractivity (Wildman–Crippen MR) is 51.7 cm³/mol. The number of thioether (sulfide) groups is 1. The standard InChI is InChI=1S/C7H8BrNS/c1-10-7-4-2-3-6(8)5-9-7/h2,4-5H,3H2,1H3. The van der Waals surface area contributed by atoms with Gasteiger partial charge >= 0.3 is 0 Å². The summed E-state index contributed by atoms with van der Waals surface area (Å²) in [4.78, 5) is 4.21. The maximum atomic E-state index is 4.21. The Morgan fingerprint density at radius 1 is 1.70 bits per heavy atom. The van der Waals surface area contributed by atoms with Crippen molar-refractivity contribution in [3.8, 4) is 0 Å². The molecule has 0 aliphatic carbocycles. The molecule has 0 aromatic carbocycles. The molecule has 0 aromatic rings. The number of halogens is 1. The van der Waals surface area contributed by atoms with Gasteiger partial charge in [0.15, 0.2) is 0 Å². The van der Waals surface area contributed by atoms with Crippen molar-refractivity contribution in [1.29, 1.82) is 0 Å². The normalized spacial score (nSPS) is 17.8. The van der Waals surface area contributed by atoms with Crippen LogP contribution >= 0.6 is 27.7 Å². The highest BCUT2D eigenvalue weighted by Crippen LogP contribution is 2.15. The summed E-state index contributed by atoms with van der Waals surface area (Å²) in [6.45, 7) is 0. The van der Waals surface area contributed by atoms with Crippen LogP contribution in [-0.2, 0) is 0 Å². The Morgan fingerprint density at radius 2 is 2.50 bits per heavy atom. The summed E-state index contributed by atoms with van der Waals surface area (Å²) < 4.78 is 1.13. The SMILES string of the molecule is CSC1=NC=C(Br)CC=C1. The largest absolute Gasteiger partial charge is 0.249 e. The molecule has 1 nitrogen and oxygen atoms in total. The van der Waals surface area contributed by atoms with Gasteiger partial charge in [-0.25, -0.2) is 4.99 Å². The molecule has 0 fully saturated rings. The second-order valence-electron chi connectivity index (χ2n) is 1.85. The molecule has 10 heavy (non-hydrogen) atoms. The maximum Gasteiger partial charge on any atom is 0.0954 e. The van der Waals surface area contributed by atoms with Crippen LogP contribution in [0.3, 0.4) is 0 Å². The van der Waals surface area contributed by atoms with E-state index < -0.39 is 0 Å². The molecule has 1 rings (SSSR count). The van der Waals surface area contributed by atoms with E-state index in [-0.39, 0.29) is 0 Å². The molecule has 1 aliphatic rings. The van der Waals surface area contributed by atoms with Crippen LogP contribution in [0.4, 0.5) is 0 Å². The molecular formula is C7H8BrNS. The number of nitrogens with zero attached hydrogens (tertiary/aromatic N) is 1. The summed E-state index contributed by atoms with van der Waals surface area (Å²) in [5, 5.41) is 1.06. The lowest BCUT2D eigenvalue weighted by atomic mass is 10.4. The summed E-state index contributed by atoms with van der Waals surface area (Å²) in [5.41, 5.74) is 0. The number of allylic oxidation sites excluding steroid dienone is 2. The van der Waals surface area contributed by atoms with E-state index >= 15 is 0 Å². The van der Waals surface area contributed by atoms with Crippen LogP contribution in [0, 0.1) is 0 Å². The first-order valence-corrected chi connectivity index (χ1v) is 4.97. The summed E-state index contributed by atoms with van der Waals surface area (Å²) in [6, 6.07) is 0. The first-order chi connectivity index (χ1) is 4.83. The van der Waals surface area contributed by atoms with Crippen LogP contribution in [-0.4, -0.2) is 11.3 Å². The Hall–Kier alpha value is -0.0200. The van der Waals surface area contributed by atoms with Crippen molar-refractivity contribution in [1.82, 2.24) is 0 Å². The smallest absolute Gasteiger partial charge is 0.0954 e. The van der Waals surface area contributed by atoms with E-state index in [1.165, 1.54) is 0 Å². The minimum Gasteiger partial charge on any atom is -0.249 e. The fourth-order valence-electron chi connectivity index (χ4n) is 0.622. The molecule has 1 heterocycles. The van der Waals surface area contributed by atoms with Gasteiger partial charge in [0.2, 0.25) is 0 Å². The predicted octanol–water partition coefficient (Wildman–Crippen LogP) is 2.94. The molecule has 0 spiro atoms. The van der Waals surface area contributed by atoms with Gasteiger partial charge in [0.05, 0.1) is 5.04 Å². The lowest BCUT2D eigenvalue weighted by molar-refractivity contribution is 1.36. The van der Waals surface area contributed by atoms with Crippen molar-refractivity contribution < 1.29 is 0 Å². The summed E-state index contributed by atoms with van der Waals surface area (Å²) in [6.07, 6.45) is 8.97. The first-order valence-electron chi connectivity index (χ1n) is 2.96. The van der Waals surface area contributed by atoms with Crippen LogP contribution in [0.25, 0.3) is 0 Å². The Balaban J connectivity index is 2.75. The second-order valence-corrected chi connectivity index (χ2v) is 3.70. The zero-order chi connectivity index (χ0) is 7.40. The Bertz CT molecular complexity index is 206. The van der Waals surface area contributed by atoms with E-state index in [1.807, 2.05) is 18.5 Å². The lowest BCUT2D eigenvalue weighted by Gasteiger charge is -1.87. The number of aliphatic imine (C=N–C) groups is 1. The average Bonchev–Trinajstić information content (AvgIpc) is 2.14. The van der Waals surface area contributed by atoms with Crippen LogP contribution in [0.2, 0.25) is 0 Å². The van der Waals surface area contributed by atoms with E-state index in [1.54, 1.807) is 11.8 Å². The van der Waals surface area contributed by atoms with Crippen molar-refractivity contribution in [2.24, 2.45) is 4.99 Å². The molecule has 1 aliphatic heterocycles. The number of hydrogen-bond donors (Lipinski definition) is 0. The summed E-state index contributed by atoms with van der Waals surface area (Å²) in [5.74, 6) is 0. The van der Waals surface area contributed by atoms with E-state index in [9.17, 15) is 0 Å². The Labute approximate surface area is 73.4 Å². The molecule has 0 aromatic heterocycles. The third-order valence-electron chi connectivity index (χ3n) is 1.11. The third-order valence-corrected chi connectivity index (χ3v) is 2.30. The molecule has 0 N–H and O–H groups in total. The molecule has 0 saturated heterocycles. The van der Waals surface area contributed by atoms with Crippen molar-refractivity contribution >= 4 is 32.7 Å². The fraction of sp³-hybridized carbons (Fsp3) is 0.286. The van der Waals surface area contributed by atoms with Crippen LogP contribution in [0.5, 0.6) is 0 Å². The quantitative estimate of drug-likeness (QED) is 0.608. The fourth-order valence-corrected chi connectivity index (χ4v) is 1.30. The zero-order valence-electron chi connectivity index (χ0n) is 5.67. The molecule has 0 bridgehead atoms. The zero-order valence-corrected chi connectivity index (χ0v) is 8.08. The van der Waals surface area contributed by atoms with Crippen molar-refractivity contribution in [2.75, 3.05) is 6.26 Å². The van der Waals surface area contributed by atoms with Crippen LogP contribution in [0.15, 0.2) is 27.8 Å². The molecule has 0 saturated carbocycles.